The van der Waals surface area contributed by atoms with E-state index in [1.807, 2.05) is 44.0 Å². The van der Waals surface area contributed by atoms with E-state index in [1.54, 1.807) is 12.1 Å². The predicted molar refractivity (Wildman–Crippen MR) is 117 cm³/mol. The summed E-state index contributed by atoms with van der Waals surface area (Å²) in [7, 11) is 1.83. The molecule has 0 unspecified atom stereocenters. The molecule has 3 rings (SSSR count). The molecule has 0 aliphatic carbocycles. The molecule has 6 nitrogen and oxygen atoms in total. The topological polar surface area (TPSA) is 70.7 Å². The number of fused-ring (bicyclic) bond motifs is 1. The van der Waals surface area contributed by atoms with Crippen molar-refractivity contribution in [2.24, 2.45) is 0 Å². The highest BCUT2D eigenvalue weighted by Gasteiger charge is 2.15. The zero-order valence-electron chi connectivity index (χ0n) is 17.6. The lowest BCUT2D eigenvalue weighted by molar-refractivity contribution is -0.117. The minimum absolute atomic E-state index is 0.0312. The third-order valence-corrected chi connectivity index (χ3v) is 5.18. The molecule has 2 aromatic rings. The Morgan fingerprint density at radius 1 is 1.23 bits per heavy atom. The molecular formula is C23H28FN3O3. The van der Waals surface area contributed by atoms with Crippen LogP contribution in [0, 0.1) is 5.82 Å². The Kier molecular flexibility index (Phi) is 6.92. The van der Waals surface area contributed by atoms with Gasteiger partial charge in [-0.3, -0.25) is 9.59 Å². The van der Waals surface area contributed by atoms with Crippen LogP contribution in [0.4, 0.5) is 21.5 Å². The van der Waals surface area contributed by atoms with Crippen molar-refractivity contribution in [1.29, 1.82) is 0 Å². The Bertz CT molecular complexity index is 930. The minimum Gasteiger partial charge on any atom is -0.494 e. The maximum absolute atomic E-state index is 14.3. The summed E-state index contributed by atoms with van der Waals surface area (Å²) in [5.74, 6) is 0.202. The Hall–Kier alpha value is -3.09. The second-order valence-electron chi connectivity index (χ2n) is 7.74. The number of hydrogen-bond donors (Lipinski definition) is 2. The van der Waals surface area contributed by atoms with Crippen LogP contribution in [0.2, 0.25) is 0 Å². The maximum Gasteiger partial charge on any atom is 0.224 e. The Morgan fingerprint density at radius 3 is 2.77 bits per heavy atom. The van der Waals surface area contributed by atoms with Gasteiger partial charge in [0.15, 0.2) is 0 Å². The molecule has 30 heavy (non-hydrogen) atoms. The zero-order chi connectivity index (χ0) is 21.7. The number of aryl methyl sites for hydroxylation is 1. The molecule has 160 valence electrons. The van der Waals surface area contributed by atoms with E-state index in [1.165, 1.54) is 6.07 Å². The van der Waals surface area contributed by atoms with Crippen molar-refractivity contribution in [1.82, 2.24) is 0 Å². The van der Waals surface area contributed by atoms with Crippen LogP contribution in [0.25, 0.3) is 0 Å². The second-order valence-corrected chi connectivity index (χ2v) is 7.74. The summed E-state index contributed by atoms with van der Waals surface area (Å²) in [5.41, 5.74) is 2.83. The van der Waals surface area contributed by atoms with Crippen LogP contribution < -0.4 is 20.3 Å². The van der Waals surface area contributed by atoms with Gasteiger partial charge in [0.2, 0.25) is 11.8 Å². The second kappa shape index (κ2) is 9.61. The van der Waals surface area contributed by atoms with Crippen LogP contribution in [0.1, 0.15) is 38.7 Å². The number of ether oxygens (including phenoxy) is 1. The Labute approximate surface area is 176 Å². The number of hydrogen-bond acceptors (Lipinski definition) is 4. The monoisotopic (exact) mass is 413 g/mol. The molecule has 2 aromatic carbocycles. The molecule has 1 heterocycles. The van der Waals surface area contributed by atoms with Gasteiger partial charge in [0.1, 0.15) is 11.6 Å². The molecule has 0 spiro atoms. The van der Waals surface area contributed by atoms with E-state index in [-0.39, 0.29) is 30.1 Å². The highest BCUT2D eigenvalue weighted by Crippen LogP contribution is 2.27. The lowest BCUT2D eigenvalue weighted by atomic mass is 10.0. The zero-order valence-corrected chi connectivity index (χ0v) is 17.6. The summed E-state index contributed by atoms with van der Waals surface area (Å²) < 4.78 is 20.0. The number of carbonyl (C=O) groups excluding carboxylic acids is 2. The molecule has 0 bridgehead atoms. The van der Waals surface area contributed by atoms with E-state index >= 15 is 0 Å². The first-order valence-electron chi connectivity index (χ1n) is 10.2. The fraction of sp³-hybridized carbons (Fsp3) is 0.391. The Morgan fingerprint density at radius 2 is 2.03 bits per heavy atom. The van der Waals surface area contributed by atoms with Crippen LogP contribution >= 0.6 is 0 Å². The summed E-state index contributed by atoms with van der Waals surface area (Å²) in [5, 5.41) is 5.56. The van der Waals surface area contributed by atoms with Crippen molar-refractivity contribution >= 4 is 28.9 Å². The average molecular weight is 413 g/mol. The van der Waals surface area contributed by atoms with Gasteiger partial charge in [0.25, 0.3) is 0 Å². The molecule has 0 saturated carbocycles. The molecule has 0 aromatic heterocycles. The van der Waals surface area contributed by atoms with Gasteiger partial charge >= 0.3 is 0 Å². The normalized spacial score (nSPS) is 12.9. The number of amides is 2. The summed E-state index contributed by atoms with van der Waals surface area (Å²) in [6, 6.07) is 10.5. The van der Waals surface area contributed by atoms with Gasteiger partial charge in [-0.1, -0.05) is 0 Å². The van der Waals surface area contributed by atoms with Crippen molar-refractivity contribution in [2.45, 2.75) is 45.6 Å². The quantitative estimate of drug-likeness (QED) is 0.631. The number of halogens is 1. The molecule has 2 N–H and O–H groups in total. The van der Waals surface area contributed by atoms with E-state index in [0.29, 0.717) is 37.2 Å². The van der Waals surface area contributed by atoms with E-state index in [9.17, 15) is 14.0 Å². The van der Waals surface area contributed by atoms with Crippen LogP contribution in [0.3, 0.4) is 0 Å². The van der Waals surface area contributed by atoms with E-state index in [0.717, 1.165) is 17.0 Å². The van der Waals surface area contributed by atoms with Gasteiger partial charge in [-0.15, -0.1) is 0 Å². The van der Waals surface area contributed by atoms with Gasteiger partial charge < -0.3 is 20.3 Å². The Balaban J connectivity index is 1.44. The van der Waals surface area contributed by atoms with Crippen molar-refractivity contribution in [3.63, 3.8) is 0 Å². The number of carbonyl (C=O) groups is 2. The summed E-state index contributed by atoms with van der Waals surface area (Å²) in [6.07, 6.45) is 1.99. The molecule has 0 saturated heterocycles. The van der Waals surface area contributed by atoms with Crippen LogP contribution in [-0.2, 0) is 16.0 Å². The average Bonchev–Trinajstić information content (AvgIpc) is 2.71. The third kappa shape index (κ3) is 5.49. The molecule has 1 aliphatic heterocycles. The first-order chi connectivity index (χ1) is 14.3. The molecule has 0 radical (unpaired) electrons. The van der Waals surface area contributed by atoms with Crippen molar-refractivity contribution < 1.29 is 18.7 Å². The number of nitrogens with zero attached hydrogens (tertiary/aromatic N) is 1. The third-order valence-electron chi connectivity index (χ3n) is 5.18. The highest BCUT2D eigenvalue weighted by molar-refractivity contribution is 5.94. The SMILES string of the molecule is CC(C)N(C)c1ccc(NC(=O)CCCOc2ccc3c(c2)CCC(=O)N3)cc1F. The first-order valence-corrected chi connectivity index (χ1v) is 10.2. The molecule has 2 amide bonds. The number of nitrogens with one attached hydrogen (secondary N) is 2. The van der Waals surface area contributed by atoms with Gasteiger partial charge in [0.05, 0.1) is 12.3 Å². The molecule has 1 aliphatic rings. The first kappa shape index (κ1) is 21.6. The van der Waals surface area contributed by atoms with E-state index in [4.69, 9.17) is 4.74 Å². The summed E-state index contributed by atoms with van der Waals surface area (Å²) >= 11 is 0. The highest BCUT2D eigenvalue weighted by atomic mass is 19.1. The van der Waals surface area contributed by atoms with Gasteiger partial charge in [0, 0.05) is 37.3 Å². The largest absolute Gasteiger partial charge is 0.494 e. The maximum atomic E-state index is 14.3. The van der Waals surface area contributed by atoms with Gasteiger partial charge in [-0.05, 0) is 68.7 Å². The number of rotatable bonds is 8. The standard InChI is InChI=1S/C23H28FN3O3/c1-15(2)27(3)21-10-7-17(14-19(21)24)25-22(28)5-4-12-30-18-8-9-20-16(13-18)6-11-23(29)26-20/h7-10,13-15H,4-6,11-12H2,1-3H3,(H,25,28)(H,26,29). The van der Waals surface area contributed by atoms with Gasteiger partial charge in [-0.2, -0.15) is 0 Å². The van der Waals surface area contributed by atoms with Crippen molar-refractivity contribution in [3.8, 4) is 5.75 Å². The summed E-state index contributed by atoms with van der Waals surface area (Å²) in [4.78, 5) is 25.4. The van der Waals surface area contributed by atoms with Crippen LogP contribution in [0.15, 0.2) is 36.4 Å². The smallest absolute Gasteiger partial charge is 0.224 e. The van der Waals surface area contributed by atoms with Crippen molar-refractivity contribution in [3.05, 3.63) is 47.8 Å². The summed E-state index contributed by atoms with van der Waals surface area (Å²) in [6.45, 7) is 4.36. The predicted octanol–water partition coefficient (Wildman–Crippen LogP) is 4.35. The minimum atomic E-state index is -0.365. The van der Waals surface area contributed by atoms with E-state index in [2.05, 4.69) is 10.6 Å². The molecular weight excluding hydrogens is 385 g/mol. The van der Waals surface area contributed by atoms with Gasteiger partial charge in [-0.25, -0.2) is 4.39 Å². The van der Waals surface area contributed by atoms with E-state index < -0.39 is 0 Å². The number of benzene rings is 2. The molecule has 7 heteroatoms. The fourth-order valence-electron chi connectivity index (χ4n) is 3.24. The molecule has 0 fully saturated rings. The lowest BCUT2D eigenvalue weighted by Gasteiger charge is -2.24. The lowest BCUT2D eigenvalue weighted by Crippen LogP contribution is -2.26. The molecule has 0 atom stereocenters. The van der Waals surface area contributed by atoms with Crippen LogP contribution in [0.5, 0.6) is 5.75 Å². The fourth-order valence-corrected chi connectivity index (χ4v) is 3.24. The van der Waals surface area contributed by atoms with Crippen molar-refractivity contribution in [2.75, 3.05) is 29.2 Å². The van der Waals surface area contributed by atoms with Crippen LogP contribution in [-0.4, -0.2) is 31.5 Å². The number of anilines is 3.